The van der Waals surface area contributed by atoms with Crippen molar-refractivity contribution in [3.8, 4) is 0 Å². The first-order valence-corrected chi connectivity index (χ1v) is 5.00. The van der Waals surface area contributed by atoms with Crippen LogP contribution in [-0.4, -0.2) is 44.7 Å². The third kappa shape index (κ3) is 3.04. The Morgan fingerprint density at radius 2 is 2.38 bits per heavy atom. The monoisotopic (exact) mass is 226 g/mol. The van der Waals surface area contributed by atoms with E-state index in [1.165, 1.54) is 6.92 Å². The summed E-state index contributed by atoms with van der Waals surface area (Å²) in [5.74, 6) is -0.122. The predicted octanol–water partition coefficient (Wildman–Crippen LogP) is -0.346. The molecule has 0 fully saturated rings. The van der Waals surface area contributed by atoms with Crippen molar-refractivity contribution in [2.45, 2.75) is 19.0 Å². The van der Waals surface area contributed by atoms with Crippen LogP contribution in [0.25, 0.3) is 0 Å². The molecular formula is C10H18N4O2. The lowest BCUT2D eigenvalue weighted by Crippen LogP contribution is -2.52. The topological polar surface area (TPSA) is 84.4 Å². The molecule has 3 N–H and O–H groups in total. The van der Waals surface area contributed by atoms with E-state index >= 15 is 0 Å². The van der Waals surface area contributed by atoms with E-state index in [9.17, 15) is 4.79 Å². The molecule has 1 heterocycles. The van der Waals surface area contributed by atoms with Gasteiger partial charge < -0.3 is 15.4 Å². The third-order valence-electron chi connectivity index (χ3n) is 2.42. The van der Waals surface area contributed by atoms with Gasteiger partial charge in [0.05, 0.1) is 6.54 Å². The number of aliphatic carboxylic acids is 1. The van der Waals surface area contributed by atoms with E-state index in [1.54, 1.807) is 6.20 Å². The number of likely N-dealkylation sites (N-methyl/N-ethyl adjacent to an activating group) is 1. The zero-order valence-electron chi connectivity index (χ0n) is 9.84. The lowest BCUT2D eigenvalue weighted by Gasteiger charge is -2.26. The molecule has 90 valence electrons. The maximum atomic E-state index is 10.9. The van der Waals surface area contributed by atoms with Crippen molar-refractivity contribution < 1.29 is 9.90 Å². The smallest absolute Gasteiger partial charge is 0.324 e. The van der Waals surface area contributed by atoms with Crippen LogP contribution in [0.15, 0.2) is 12.4 Å². The van der Waals surface area contributed by atoms with Crippen molar-refractivity contribution in [3.63, 3.8) is 0 Å². The summed E-state index contributed by atoms with van der Waals surface area (Å²) >= 11 is 0. The third-order valence-corrected chi connectivity index (χ3v) is 2.42. The molecule has 0 saturated heterocycles. The van der Waals surface area contributed by atoms with Crippen LogP contribution in [0.4, 0.5) is 0 Å². The number of hydrogen-bond donors (Lipinski definition) is 2. The molecule has 1 aromatic heterocycles. The highest BCUT2D eigenvalue weighted by atomic mass is 16.4. The average Bonchev–Trinajstić information content (AvgIpc) is 2.50. The predicted molar refractivity (Wildman–Crippen MR) is 59.8 cm³/mol. The number of carbonyl (C=O) groups is 1. The zero-order chi connectivity index (χ0) is 12.3. The number of imidazole rings is 1. The van der Waals surface area contributed by atoms with Gasteiger partial charge in [-0.2, -0.15) is 0 Å². The summed E-state index contributed by atoms with van der Waals surface area (Å²) in [6.45, 7) is 2.35. The molecule has 0 spiro atoms. The maximum Gasteiger partial charge on any atom is 0.324 e. The largest absolute Gasteiger partial charge is 0.480 e. The number of carboxylic acids is 1. The molecule has 0 aliphatic rings. The van der Waals surface area contributed by atoms with Crippen molar-refractivity contribution in [2.24, 2.45) is 12.8 Å². The molecule has 0 bridgehead atoms. The minimum atomic E-state index is -1.24. The van der Waals surface area contributed by atoms with Gasteiger partial charge in [0.25, 0.3) is 0 Å². The SMILES string of the molecule is CN(Cc1nccn1C)CC(C)(N)C(=O)O. The molecule has 1 rings (SSSR count). The van der Waals surface area contributed by atoms with Crippen LogP contribution in [0.2, 0.25) is 0 Å². The molecule has 0 aliphatic heterocycles. The Hall–Kier alpha value is -1.40. The van der Waals surface area contributed by atoms with Crippen molar-refractivity contribution in [3.05, 3.63) is 18.2 Å². The Morgan fingerprint density at radius 3 is 2.81 bits per heavy atom. The first kappa shape index (κ1) is 12.7. The Bertz CT molecular complexity index is 373. The van der Waals surface area contributed by atoms with Crippen LogP contribution in [0, 0.1) is 0 Å². The maximum absolute atomic E-state index is 10.9. The average molecular weight is 226 g/mol. The van der Waals surface area contributed by atoms with E-state index in [4.69, 9.17) is 10.8 Å². The summed E-state index contributed by atoms with van der Waals surface area (Å²) in [5.41, 5.74) is 4.42. The van der Waals surface area contributed by atoms with Gasteiger partial charge in [-0.15, -0.1) is 0 Å². The Balaban J connectivity index is 2.58. The quantitative estimate of drug-likeness (QED) is 0.717. The molecule has 0 aliphatic carbocycles. The minimum absolute atomic E-state index is 0.273. The summed E-state index contributed by atoms with van der Waals surface area (Å²) < 4.78 is 1.89. The van der Waals surface area contributed by atoms with Crippen molar-refractivity contribution >= 4 is 5.97 Å². The summed E-state index contributed by atoms with van der Waals surface area (Å²) in [6, 6.07) is 0. The van der Waals surface area contributed by atoms with Crippen molar-refractivity contribution in [1.82, 2.24) is 14.5 Å². The molecule has 16 heavy (non-hydrogen) atoms. The number of rotatable bonds is 5. The lowest BCUT2D eigenvalue weighted by atomic mass is 10.0. The van der Waals surface area contributed by atoms with Crippen LogP contribution >= 0.6 is 0 Å². The fourth-order valence-corrected chi connectivity index (χ4v) is 1.47. The van der Waals surface area contributed by atoms with E-state index in [1.807, 2.05) is 29.8 Å². The van der Waals surface area contributed by atoms with Gasteiger partial charge in [-0.05, 0) is 14.0 Å². The molecule has 0 saturated carbocycles. The van der Waals surface area contributed by atoms with E-state index in [-0.39, 0.29) is 6.54 Å². The van der Waals surface area contributed by atoms with Gasteiger partial charge in [-0.1, -0.05) is 0 Å². The van der Waals surface area contributed by atoms with Gasteiger partial charge in [0.2, 0.25) is 0 Å². The van der Waals surface area contributed by atoms with Gasteiger partial charge >= 0.3 is 5.97 Å². The number of aromatic nitrogens is 2. The number of carboxylic acid groups (broad SMARTS) is 1. The summed E-state index contributed by atoms with van der Waals surface area (Å²) in [7, 11) is 3.72. The fourth-order valence-electron chi connectivity index (χ4n) is 1.47. The van der Waals surface area contributed by atoms with Gasteiger partial charge in [0, 0.05) is 26.0 Å². The van der Waals surface area contributed by atoms with Crippen LogP contribution in [0.1, 0.15) is 12.7 Å². The van der Waals surface area contributed by atoms with E-state index < -0.39 is 11.5 Å². The normalized spacial score (nSPS) is 15.1. The molecule has 1 unspecified atom stereocenters. The van der Waals surface area contributed by atoms with Crippen LogP contribution in [0.5, 0.6) is 0 Å². The van der Waals surface area contributed by atoms with Crippen LogP contribution in [0.3, 0.4) is 0 Å². The second-order valence-electron chi connectivity index (χ2n) is 4.35. The van der Waals surface area contributed by atoms with E-state index in [0.717, 1.165) is 5.82 Å². The highest BCUT2D eigenvalue weighted by Crippen LogP contribution is 2.05. The minimum Gasteiger partial charge on any atom is -0.480 e. The van der Waals surface area contributed by atoms with E-state index in [2.05, 4.69) is 4.98 Å². The summed E-state index contributed by atoms with van der Waals surface area (Å²) in [4.78, 5) is 16.9. The summed E-state index contributed by atoms with van der Waals surface area (Å²) in [6.07, 6.45) is 3.56. The molecule has 6 nitrogen and oxygen atoms in total. The number of nitrogens with two attached hydrogens (primary N) is 1. The van der Waals surface area contributed by atoms with Gasteiger partial charge in [0.15, 0.2) is 0 Å². The Morgan fingerprint density at radius 1 is 1.75 bits per heavy atom. The Labute approximate surface area is 94.7 Å². The van der Waals surface area contributed by atoms with Crippen molar-refractivity contribution in [2.75, 3.05) is 13.6 Å². The van der Waals surface area contributed by atoms with Gasteiger partial charge in [-0.3, -0.25) is 9.69 Å². The second-order valence-corrected chi connectivity index (χ2v) is 4.35. The van der Waals surface area contributed by atoms with E-state index in [0.29, 0.717) is 6.54 Å². The zero-order valence-corrected chi connectivity index (χ0v) is 9.84. The fraction of sp³-hybridized carbons (Fsp3) is 0.600. The highest BCUT2D eigenvalue weighted by molar-refractivity contribution is 5.78. The second kappa shape index (κ2) is 4.63. The number of hydrogen-bond acceptors (Lipinski definition) is 4. The van der Waals surface area contributed by atoms with Gasteiger partial charge in [-0.25, -0.2) is 4.98 Å². The number of aryl methyl sites for hydroxylation is 1. The standard InChI is InChI=1S/C10H18N4O2/c1-10(11,9(15)16)7-13(2)6-8-12-4-5-14(8)3/h4-5H,6-7,11H2,1-3H3,(H,15,16). The van der Waals surface area contributed by atoms with Gasteiger partial charge in [0.1, 0.15) is 11.4 Å². The van der Waals surface area contributed by atoms with Crippen LogP contribution < -0.4 is 5.73 Å². The first-order valence-electron chi connectivity index (χ1n) is 5.00. The molecule has 0 amide bonds. The molecule has 6 heteroatoms. The van der Waals surface area contributed by atoms with Crippen molar-refractivity contribution in [1.29, 1.82) is 0 Å². The summed E-state index contributed by atoms with van der Waals surface area (Å²) in [5, 5.41) is 8.90. The molecule has 0 aromatic carbocycles. The molecular weight excluding hydrogens is 208 g/mol. The lowest BCUT2D eigenvalue weighted by molar-refractivity contribution is -0.143. The molecule has 0 radical (unpaired) electrons. The Kier molecular flexibility index (Phi) is 3.66. The highest BCUT2D eigenvalue weighted by Gasteiger charge is 2.29. The van der Waals surface area contributed by atoms with Crippen LogP contribution in [-0.2, 0) is 18.4 Å². The first-order chi connectivity index (χ1) is 7.33. The molecule has 1 atom stereocenters. The number of nitrogens with zero attached hydrogens (tertiary/aromatic N) is 3. The molecule has 1 aromatic rings.